The van der Waals surface area contributed by atoms with Crippen molar-refractivity contribution < 1.29 is 5.11 Å². The van der Waals surface area contributed by atoms with Crippen LogP contribution in [0.15, 0.2) is 30.3 Å². The average Bonchev–Trinajstić information content (AvgIpc) is 2.82. The van der Waals surface area contributed by atoms with Gasteiger partial charge in [-0.2, -0.15) is 0 Å². The van der Waals surface area contributed by atoms with Gasteiger partial charge in [-0.05, 0) is 31.2 Å². The molecule has 94 valence electrons. The molecule has 1 atom stereocenters. The Kier molecular flexibility index (Phi) is 3.43. The third kappa shape index (κ3) is 2.47. The molecule has 1 heterocycles. The molecule has 0 spiro atoms. The van der Waals surface area contributed by atoms with Crippen molar-refractivity contribution in [3.8, 4) is 0 Å². The van der Waals surface area contributed by atoms with Crippen LogP contribution in [0.1, 0.15) is 40.1 Å². The molecule has 2 aromatic rings. The van der Waals surface area contributed by atoms with E-state index in [2.05, 4.69) is 29.2 Å². The highest BCUT2D eigenvalue weighted by Gasteiger charge is 2.22. The predicted molar refractivity (Wildman–Crippen MR) is 73.9 cm³/mol. The van der Waals surface area contributed by atoms with Crippen molar-refractivity contribution in [2.24, 2.45) is 0 Å². The van der Waals surface area contributed by atoms with E-state index in [1.807, 2.05) is 6.07 Å². The molecule has 0 saturated heterocycles. The topological polar surface area (TPSA) is 33.1 Å². The summed E-state index contributed by atoms with van der Waals surface area (Å²) in [5.41, 5.74) is 2.49. The predicted octanol–water partition coefficient (Wildman–Crippen LogP) is 3.30. The van der Waals surface area contributed by atoms with Gasteiger partial charge in [0.15, 0.2) is 0 Å². The van der Waals surface area contributed by atoms with Gasteiger partial charge in [-0.25, -0.2) is 4.98 Å². The molecule has 0 bridgehead atoms. The molecule has 18 heavy (non-hydrogen) atoms. The van der Waals surface area contributed by atoms with Crippen LogP contribution in [0.25, 0.3) is 0 Å². The Morgan fingerprint density at radius 3 is 2.83 bits per heavy atom. The van der Waals surface area contributed by atoms with Crippen molar-refractivity contribution in [3.63, 3.8) is 0 Å². The summed E-state index contributed by atoms with van der Waals surface area (Å²) in [5, 5.41) is 11.1. The van der Waals surface area contributed by atoms with Gasteiger partial charge in [0, 0.05) is 6.42 Å². The van der Waals surface area contributed by atoms with Gasteiger partial charge in [-0.15, -0.1) is 11.3 Å². The van der Waals surface area contributed by atoms with Crippen LogP contribution in [0.2, 0.25) is 0 Å². The Bertz CT molecular complexity index is 521. The van der Waals surface area contributed by atoms with Crippen LogP contribution in [0.4, 0.5) is 0 Å². The summed E-state index contributed by atoms with van der Waals surface area (Å²) < 4.78 is 0. The molecular formula is C15H17NOS. The number of aromatic nitrogens is 1. The third-order valence-corrected chi connectivity index (χ3v) is 4.69. The number of fused-ring (bicyclic) bond motifs is 1. The lowest BCUT2D eigenvalue weighted by Gasteiger charge is -2.14. The van der Waals surface area contributed by atoms with Gasteiger partial charge in [0.25, 0.3) is 0 Å². The van der Waals surface area contributed by atoms with E-state index in [-0.39, 0.29) is 6.10 Å². The lowest BCUT2D eigenvalue weighted by Crippen LogP contribution is -2.06. The molecule has 0 radical (unpaired) electrons. The fourth-order valence-corrected chi connectivity index (χ4v) is 3.58. The molecule has 0 fully saturated rings. The first-order chi connectivity index (χ1) is 8.83. The van der Waals surface area contributed by atoms with Crippen LogP contribution >= 0.6 is 11.3 Å². The molecule has 1 N–H and O–H groups in total. The van der Waals surface area contributed by atoms with Gasteiger partial charge in [-0.1, -0.05) is 30.3 Å². The Hall–Kier alpha value is -1.19. The zero-order chi connectivity index (χ0) is 12.4. The molecule has 1 unspecified atom stereocenters. The number of benzene rings is 1. The number of aliphatic hydroxyl groups excluding tert-OH is 1. The van der Waals surface area contributed by atoms with Gasteiger partial charge in [0.05, 0.1) is 21.7 Å². The maximum absolute atomic E-state index is 9.93. The molecular weight excluding hydrogens is 242 g/mol. The zero-order valence-electron chi connectivity index (χ0n) is 10.3. The van der Waals surface area contributed by atoms with E-state index in [1.165, 1.54) is 10.6 Å². The number of hydrogen-bond acceptors (Lipinski definition) is 3. The second kappa shape index (κ2) is 5.21. The normalized spacial score (nSPS) is 18.6. The van der Waals surface area contributed by atoms with Crippen LogP contribution in [-0.2, 0) is 19.3 Å². The van der Waals surface area contributed by atoms with Crippen LogP contribution in [-0.4, -0.2) is 10.1 Å². The molecule has 0 saturated carbocycles. The average molecular weight is 259 g/mol. The van der Waals surface area contributed by atoms with Crippen LogP contribution in [0, 0.1) is 0 Å². The Labute approximate surface area is 111 Å². The second-order valence-corrected chi connectivity index (χ2v) is 5.93. The lowest BCUT2D eigenvalue weighted by atomic mass is 10.0. The smallest absolute Gasteiger partial charge is 0.0935 e. The van der Waals surface area contributed by atoms with Crippen molar-refractivity contribution >= 4 is 11.3 Å². The fourth-order valence-electron chi connectivity index (χ4n) is 2.45. The zero-order valence-corrected chi connectivity index (χ0v) is 11.1. The summed E-state index contributed by atoms with van der Waals surface area (Å²) >= 11 is 1.70. The molecule has 1 aliphatic rings. The Morgan fingerprint density at radius 1 is 1.22 bits per heavy atom. The van der Waals surface area contributed by atoms with E-state index in [4.69, 9.17) is 0 Å². The van der Waals surface area contributed by atoms with Crippen molar-refractivity contribution in [3.05, 3.63) is 51.5 Å². The van der Waals surface area contributed by atoms with E-state index >= 15 is 0 Å². The standard InChI is InChI=1S/C15H17NOS/c17-13-8-4-7-12-15(13)18-14(16-12)10-9-11-5-2-1-3-6-11/h1-3,5-6,13,17H,4,7-10H2. The first kappa shape index (κ1) is 11.9. The summed E-state index contributed by atoms with van der Waals surface area (Å²) in [6.45, 7) is 0. The quantitative estimate of drug-likeness (QED) is 0.917. The monoisotopic (exact) mass is 259 g/mol. The molecule has 3 heteroatoms. The molecule has 3 rings (SSSR count). The maximum atomic E-state index is 9.93. The molecule has 2 nitrogen and oxygen atoms in total. The number of hydrogen-bond donors (Lipinski definition) is 1. The summed E-state index contributed by atoms with van der Waals surface area (Å²) in [5.74, 6) is 0. The number of aryl methyl sites for hydroxylation is 3. The van der Waals surface area contributed by atoms with Crippen molar-refractivity contribution in [2.45, 2.75) is 38.2 Å². The third-order valence-electron chi connectivity index (χ3n) is 3.44. The molecule has 1 aliphatic carbocycles. The van der Waals surface area contributed by atoms with Crippen LogP contribution in [0.5, 0.6) is 0 Å². The van der Waals surface area contributed by atoms with E-state index < -0.39 is 0 Å². The Balaban J connectivity index is 1.70. The van der Waals surface area contributed by atoms with Gasteiger partial charge in [-0.3, -0.25) is 0 Å². The number of thiazole rings is 1. The van der Waals surface area contributed by atoms with E-state index in [0.29, 0.717) is 0 Å². The van der Waals surface area contributed by atoms with Gasteiger partial charge < -0.3 is 5.11 Å². The van der Waals surface area contributed by atoms with Gasteiger partial charge >= 0.3 is 0 Å². The lowest BCUT2D eigenvalue weighted by molar-refractivity contribution is 0.160. The fraction of sp³-hybridized carbons (Fsp3) is 0.400. The number of nitrogens with zero attached hydrogens (tertiary/aromatic N) is 1. The van der Waals surface area contributed by atoms with Crippen molar-refractivity contribution in [1.82, 2.24) is 4.98 Å². The SMILES string of the molecule is OC1CCCc2nc(CCc3ccccc3)sc21. The molecule has 1 aromatic carbocycles. The van der Waals surface area contributed by atoms with Crippen molar-refractivity contribution in [2.75, 3.05) is 0 Å². The van der Waals surface area contributed by atoms with Crippen molar-refractivity contribution in [1.29, 1.82) is 0 Å². The highest BCUT2D eigenvalue weighted by atomic mass is 32.1. The van der Waals surface area contributed by atoms with Crippen LogP contribution < -0.4 is 0 Å². The highest BCUT2D eigenvalue weighted by molar-refractivity contribution is 7.11. The minimum atomic E-state index is -0.267. The van der Waals surface area contributed by atoms with Crippen LogP contribution in [0.3, 0.4) is 0 Å². The van der Waals surface area contributed by atoms with Gasteiger partial charge in [0.1, 0.15) is 0 Å². The highest BCUT2D eigenvalue weighted by Crippen LogP contribution is 2.34. The maximum Gasteiger partial charge on any atom is 0.0935 e. The molecule has 0 aliphatic heterocycles. The Morgan fingerprint density at radius 2 is 2.06 bits per heavy atom. The number of rotatable bonds is 3. The largest absolute Gasteiger partial charge is 0.388 e. The first-order valence-corrected chi connectivity index (χ1v) is 7.35. The first-order valence-electron chi connectivity index (χ1n) is 6.53. The summed E-state index contributed by atoms with van der Waals surface area (Å²) in [6.07, 6.45) is 4.74. The summed E-state index contributed by atoms with van der Waals surface area (Å²) in [6, 6.07) is 10.5. The van der Waals surface area contributed by atoms with E-state index in [1.54, 1.807) is 11.3 Å². The van der Waals surface area contributed by atoms with E-state index in [9.17, 15) is 5.11 Å². The number of aliphatic hydroxyl groups is 1. The summed E-state index contributed by atoms with van der Waals surface area (Å²) in [4.78, 5) is 5.79. The summed E-state index contributed by atoms with van der Waals surface area (Å²) in [7, 11) is 0. The van der Waals surface area contributed by atoms with E-state index in [0.717, 1.165) is 42.7 Å². The van der Waals surface area contributed by atoms with Gasteiger partial charge in [0.2, 0.25) is 0 Å². The second-order valence-electron chi connectivity index (χ2n) is 4.81. The minimum absolute atomic E-state index is 0.267. The molecule has 1 aromatic heterocycles. The minimum Gasteiger partial charge on any atom is -0.388 e. The molecule has 0 amide bonds.